The molecule has 0 unspecified atom stereocenters. The van der Waals surface area contributed by atoms with Crippen molar-refractivity contribution in [2.75, 3.05) is 7.11 Å². The zero-order chi connectivity index (χ0) is 13.0. The Labute approximate surface area is 110 Å². The predicted octanol–water partition coefficient (Wildman–Crippen LogP) is 2.56. The SMILES string of the molecule is COc1ccc(Cl)cc1C(=O)Cc1ccncn1. The number of hydrogen-bond donors (Lipinski definition) is 0. The highest BCUT2D eigenvalue weighted by molar-refractivity contribution is 6.31. The molecule has 0 saturated carbocycles. The second kappa shape index (κ2) is 5.60. The molecule has 2 rings (SSSR count). The number of benzene rings is 1. The van der Waals surface area contributed by atoms with Crippen molar-refractivity contribution >= 4 is 17.4 Å². The van der Waals surface area contributed by atoms with Crippen LogP contribution in [0.25, 0.3) is 0 Å². The van der Waals surface area contributed by atoms with Crippen LogP contribution in [0.1, 0.15) is 16.1 Å². The first-order chi connectivity index (χ1) is 8.70. The van der Waals surface area contributed by atoms with Gasteiger partial charge in [-0.15, -0.1) is 0 Å². The Balaban J connectivity index is 2.26. The molecule has 2 aromatic rings. The maximum absolute atomic E-state index is 12.1. The number of hydrogen-bond acceptors (Lipinski definition) is 4. The van der Waals surface area contributed by atoms with Crippen LogP contribution in [0.4, 0.5) is 0 Å². The number of Topliss-reactive ketones (excluding diaryl/α,β-unsaturated/α-hetero) is 1. The molecule has 0 fully saturated rings. The molecule has 5 heteroatoms. The zero-order valence-corrected chi connectivity index (χ0v) is 10.5. The minimum Gasteiger partial charge on any atom is -0.496 e. The Bertz CT molecular complexity index is 558. The number of rotatable bonds is 4. The van der Waals surface area contributed by atoms with Gasteiger partial charge in [0.1, 0.15) is 12.1 Å². The first-order valence-electron chi connectivity index (χ1n) is 5.32. The van der Waals surface area contributed by atoms with Crippen molar-refractivity contribution in [3.8, 4) is 5.75 Å². The van der Waals surface area contributed by atoms with Gasteiger partial charge >= 0.3 is 0 Å². The summed E-state index contributed by atoms with van der Waals surface area (Å²) in [7, 11) is 1.52. The number of ketones is 1. The minimum absolute atomic E-state index is 0.0898. The first kappa shape index (κ1) is 12.5. The molecule has 0 N–H and O–H groups in total. The fraction of sp³-hybridized carbons (Fsp3) is 0.154. The fourth-order valence-corrected chi connectivity index (χ4v) is 1.75. The molecule has 0 aliphatic carbocycles. The molecule has 0 bridgehead atoms. The Morgan fingerprint density at radius 1 is 1.39 bits per heavy atom. The summed E-state index contributed by atoms with van der Waals surface area (Å²) in [5.74, 6) is 0.423. The van der Waals surface area contributed by atoms with Crippen LogP contribution < -0.4 is 4.74 Å². The molecule has 0 amide bonds. The third-order valence-corrected chi connectivity index (χ3v) is 2.68. The van der Waals surface area contributed by atoms with E-state index in [4.69, 9.17) is 16.3 Å². The van der Waals surface area contributed by atoms with Gasteiger partial charge in [-0.3, -0.25) is 4.79 Å². The molecule has 0 spiro atoms. The van der Waals surface area contributed by atoms with E-state index in [9.17, 15) is 4.79 Å². The minimum atomic E-state index is -0.0898. The quantitative estimate of drug-likeness (QED) is 0.795. The Hall–Kier alpha value is -1.94. The van der Waals surface area contributed by atoms with Crippen LogP contribution in [0.3, 0.4) is 0 Å². The van der Waals surface area contributed by atoms with Crippen molar-refractivity contribution in [2.45, 2.75) is 6.42 Å². The standard InChI is InChI=1S/C13H11ClN2O2/c1-18-13-3-2-9(14)6-11(13)12(17)7-10-4-5-15-8-16-10/h2-6,8H,7H2,1H3. The first-order valence-corrected chi connectivity index (χ1v) is 5.70. The lowest BCUT2D eigenvalue weighted by Crippen LogP contribution is -2.07. The van der Waals surface area contributed by atoms with E-state index >= 15 is 0 Å². The molecule has 4 nitrogen and oxygen atoms in total. The number of methoxy groups -OCH3 is 1. The lowest BCUT2D eigenvalue weighted by atomic mass is 10.1. The van der Waals surface area contributed by atoms with Crippen molar-refractivity contribution in [3.63, 3.8) is 0 Å². The van der Waals surface area contributed by atoms with Gasteiger partial charge in [-0.2, -0.15) is 0 Å². The van der Waals surface area contributed by atoms with Gasteiger partial charge in [0.05, 0.1) is 24.8 Å². The van der Waals surface area contributed by atoms with Crippen LogP contribution in [-0.2, 0) is 6.42 Å². The van der Waals surface area contributed by atoms with Crippen LogP contribution in [0.2, 0.25) is 5.02 Å². The molecule has 1 aromatic heterocycles. The second-order valence-corrected chi connectivity index (χ2v) is 4.08. The summed E-state index contributed by atoms with van der Waals surface area (Å²) in [5, 5.41) is 0.502. The van der Waals surface area contributed by atoms with Crippen molar-refractivity contribution in [1.29, 1.82) is 0 Å². The van der Waals surface area contributed by atoms with Crippen molar-refractivity contribution in [1.82, 2.24) is 9.97 Å². The Morgan fingerprint density at radius 3 is 2.89 bits per heavy atom. The molecule has 1 heterocycles. The van der Waals surface area contributed by atoms with Crippen LogP contribution in [0, 0.1) is 0 Å². The summed E-state index contributed by atoms with van der Waals surface area (Å²) in [5.41, 5.74) is 1.13. The summed E-state index contributed by atoms with van der Waals surface area (Å²) in [4.78, 5) is 20.0. The van der Waals surface area contributed by atoms with Crippen LogP contribution in [-0.4, -0.2) is 22.9 Å². The van der Waals surface area contributed by atoms with Gasteiger partial charge in [0.25, 0.3) is 0 Å². The predicted molar refractivity (Wildman–Crippen MR) is 68.1 cm³/mol. The number of nitrogens with zero attached hydrogens (tertiary/aromatic N) is 2. The fourth-order valence-electron chi connectivity index (χ4n) is 1.58. The second-order valence-electron chi connectivity index (χ2n) is 3.65. The van der Waals surface area contributed by atoms with E-state index in [-0.39, 0.29) is 12.2 Å². The summed E-state index contributed by atoms with van der Waals surface area (Å²) in [6, 6.07) is 6.66. The smallest absolute Gasteiger partial charge is 0.172 e. The summed E-state index contributed by atoms with van der Waals surface area (Å²) < 4.78 is 5.15. The summed E-state index contributed by atoms with van der Waals surface area (Å²) in [6.45, 7) is 0. The molecule has 0 aliphatic rings. The molecule has 92 valence electrons. The highest BCUT2D eigenvalue weighted by atomic mass is 35.5. The Morgan fingerprint density at radius 2 is 2.22 bits per heavy atom. The average Bonchev–Trinajstić information content (AvgIpc) is 2.40. The maximum Gasteiger partial charge on any atom is 0.172 e. The molecule has 0 saturated heterocycles. The number of halogens is 1. The van der Waals surface area contributed by atoms with Gasteiger partial charge < -0.3 is 4.74 Å². The van der Waals surface area contributed by atoms with Crippen LogP contribution >= 0.6 is 11.6 Å². The maximum atomic E-state index is 12.1. The van der Waals surface area contributed by atoms with E-state index < -0.39 is 0 Å². The van der Waals surface area contributed by atoms with E-state index in [0.29, 0.717) is 22.0 Å². The van der Waals surface area contributed by atoms with E-state index in [2.05, 4.69) is 9.97 Å². The van der Waals surface area contributed by atoms with Gasteiger partial charge in [-0.05, 0) is 24.3 Å². The topological polar surface area (TPSA) is 52.1 Å². The molecular formula is C13H11ClN2O2. The number of carbonyl (C=O) groups is 1. The van der Waals surface area contributed by atoms with Crippen molar-refractivity contribution in [3.05, 3.63) is 53.1 Å². The molecule has 18 heavy (non-hydrogen) atoms. The van der Waals surface area contributed by atoms with Gasteiger partial charge in [-0.1, -0.05) is 11.6 Å². The average molecular weight is 263 g/mol. The van der Waals surface area contributed by atoms with Gasteiger partial charge in [-0.25, -0.2) is 9.97 Å². The molecule has 0 aliphatic heterocycles. The van der Waals surface area contributed by atoms with Gasteiger partial charge in [0.15, 0.2) is 5.78 Å². The van der Waals surface area contributed by atoms with E-state index in [1.807, 2.05) is 0 Å². The summed E-state index contributed by atoms with van der Waals surface area (Å²) in [6.07, 6.45) is 3.21. The lowest BCUT2D eigenvalue weighted by molar-refractivity contribution is 0.0989. The highest BCUT2D eigenvalue weighted by Gasteiger charge is 2.14. The van der Waals surface area contributed by atoms with Gasteiger partial charge in [0, 0.05) is 11.2 Å². The highest BCUT2D eigenvalue weighted by Crippen LogP contribution is 2.23. The van der Waals surface area contributed by atoms with Crippen molar-refractivity contribution < 1.29 is 9.53 Å². The molecular weight excluding hydrogens is 252 g/mol. The van der Waals surface area contributed by atoms with E-state index in [1.165, 1.54) is 13.4 Å². The number of ether oxygens (including phenoxy) is 1. The third kappa shape index (κ3) is 2.84. The molecule has 0 radical (unpaired) electrons. The lowest BCUT2D eigenvalue weighted by Gasteiger charge is -2.07. The monoisotopic (exact) mass is 262 g/mol. The largest absolute Gasteiger partial charge is 0.496 e. The number of carbonyl (C=O) groups excluding carboxylic acids is 1. The summed E-state index contributed by atoms with van der Waals surface area (Å²) >= 11 is 5.89. The van der Waals surface area contributed by atoms with E-state index in [1.54, 1.807) is 30.5 Å². The Kier molecular flexibility index (Phi) is 3.89. The molecule has 0 atom stereocenters. The van der Waals surface area contributed by atoms with Gasteiger partial charge in [0.2, 0.25) is 0 Å². The van der Waals surface area contributed by atoms with Crippen molar-refractivity contribution in [2.24, 2.45) is 0 Å². The van der Waals surface area contributed by atoms with E-state index in [0.717, 1.165) is 0 Å². The third-order valence-electron chi connectivity index (χ3n) is 2.45. The number of aromatic nitrogens is 2. The zero-order valence-electron chi connectivity index (χ0n) is 9.76. The normalized spacial score (nSPS) is 10.1. The molecule has 1 aromatic carbocycles. The van der Waals surface area contributed by atoms with Crippen LogP contribution in [0.5, 0.6) is 5.75 Å². The van der Waals surface area contributed by atoms with Crippen LogP contribution in [0.15, 0.2) is 36.8 Å².